The number of benzene rings is 1. The lowest BCUT2D eigenvalue weighted by Crippen LogP contribution is -2.36. The van der Waals surface area contributed by atoms with Gasteiger partial charge in [0.15, 0.2) is 0 Å². The summed E-state index contributed by atoms with van der Waals surface area (Å²) < 4.78 is 0. The van der Waals surface area contributed by atoms with Crippen LogP contribution in [-0.2, 0) is 18.4 Å². The van der Waals surface area contributed by atoms with Crippen molar-refractivity contribution in [2.24, 2.45) is 7.05 Å². The number of nitrogens with zero attached hydrogens (tertiary/aromatic N) is 3. The van der Waals surface area contributed by atoms with E-state index in [-0.39, 0.29) is 24.9 Å². The van der Waals surface area contributed by atoms with E-state index in [9.17, 15) is 9.59 Å². The number of hydrogen-bond donors (Lipinski definition) is 2. The fraction of sp³-hybridized carbons (Fsp3) is 0.286. The molecule has 2 N–H and O–H groups in total. The van der Waals surface area contributed by atoms with Gasteiger partial charge in [-0.2, -0.15) is 15.0 Å². The van der Waals surface area contributed by atoms with Crippen molar-refractivity contribution in [3.8, 4) is 0 Å². The average molecular weight is 287 g/mol. The van der Waals surface area contributed by atoms with Crippen molar-refractivity contribution in [3.05, 3.63) is 47.3 Å². The van der Waals surface area contributed by atoms with Gasteiger partial charge in [-0.05, 0) is 19.1 Å². The zero-order valence-corrected chi connectivity index (χ0v) is 12.0. The zero-order valence-electron chi connectivity index (χ0n) is 12.0. The first kappa shape index (κ1) is 14.7. The van der Waals surface area contributed by atoms with Crippen LogP contribution in [0.3, 0.4) is 0 Å². The fourth-order valence-corrected chi connectivity index (χ4v) is 1.69. The summed E-state index contributed by atoms with van der Waals surface area (Å²) >= 11 is 0. The van der Waals surface area contributed by atoms with E-state index in [1.54, 1.807) is 25.4 Å². The molecule has 1 aromatic heterocycles. The molecule has 2 rings (SSSR count). The van der Waals surface area contributed by atoms with Crippen molar-refractivity contribution in [1.82, 2.24) is 25.6 Å². The van der Waals surface area contributed by atoms with Crippen LogP contribution >= 0.6 is 0 Å². The number of nitrogens with one attached hydrogen (secondary N) is 2. The number of carbonyl (C=O) groups excluding carboxylic acids is 2. The largest absolute Gasteiger partial charge is 0.349 e. The summed E-state index contributed by atoms with van der Waals surface area (Å²) in [7, 11) is 1.70. The minimum atomic E-state index is -0.277. The van der Waals surface area contributed by atoms with E-state index in [1.807, 2.05) is 19.1 Å². The normalized spacial score (nSPS) is 10.2. The highest BCUT2D eigenvalue weighted by molar-refractivity contribution is 5.96. The van der Waals surface area contributed by atoms with Crippen molar-refractivity contribution in [3.63, 3.8) is 0 Å². The van der Waals surface area contributed by atoms with Crippen LogP contribution in [0.25, 0.3) is 0 Å². The highest BCUT2D eigenvalue weighted by Crippen LogP contribution is 2.02. The predicted molar refractivity (Wildman–Crippen MR) is 76.4 cm³/mol. The van der Waals surface area contributed by atoms with Crippen molar-refractivity contribution >= 4 is 11.8 Å². The Balaban J connectivity index is 1.75. The predicted octanol–water partition coefficient (Wildman–Crippen LogP) is 0.170. The minimum absolute atomic E-state index is 0.0764. The molecule has 0 spiro atoms. The van der Waals surface area contributed by atoms with Gasteiger partial charge in [-0.15, -0.1) is 0 Å². The lowest BCUT2D eigenvalue weighted by atomic mass is 10.1. The Hall–Kier alpha value is -2.70. The first-order valence-corrected chi connectivity index (χ1v) is 6.51. The molecule has 2 aromatic rings. The van der Waals surface area contributed by atoms with E-state index < -0.39 is 0 Å². The number of carbonyl (C=O) groups is 2. The van der Waals surface area contributed by atoms with Gasteiger partial charge in [0.2, 0.25) is 5.91 Å². The molecule has 0 atom stereocenters. The van der Waals surface area contributed by atoms with E-state index in [2.05, 4.69) is 20.8 Å². The summed E-state index contributed by atoms with van der Waals surface area (Å²) in [4.78, 5) is 24.9. The van der Waals surface area contributed by atoms with Crippen molar-refractivity contribution < 1.29 is 9.59 Å². The SMILES string of the molecule is Cc1ccc(C(=O)NCC(=O)NCc2cnn(C)n2)cc1. The molecule has 0 aliphatic carbocycles. The molecule has 0 saturated heterocycles. The molecule has 0 aliphatic heterocycles. The summed E-state index contributed by atoms with van der Waals surface area (Å²) in [5.74, 6) is -0.550. The molecule has 0 radical (unpaired) electrons. The van der Waals surface area contributed by atoms with Gasteiger partial charge < -0.3 is 10.6 Å². The molecule has 0 aliphatic rings. The molecule has 1 aromatic carbocycles. The van der Waals surface area contributed by atoms with E-state index >= 15 is 0 Å². The lowest BCUT2D eigenvalue weighted by Gasteiger charge is -2.06. The van der Waals surface area contributed by atoms with Gasteiger partial charge in [0.05, 0.1) is 19.3 Å². The second-order valence-corrected chi connectivity index (χ2v) is 4.65. The Morgan fingerprint density at radius 2 is 1.90 bits per heavy atom. The molecule has 0 bridgehead atoms. The fourth-order valence-electron chi connectivity index (χ4n) is 1.69. The number of amides is 2. The molecule has 0 fully saturated rings. The molecule has 7 nitrogen and oxygen atoms in total. The molecular weight excluding hydrogens is 270 g/mol. The van der Waals surface area contributed by atoms with Gasteiger partial charge in [-0.25, -0.2) is 0 Å². The van der Waals surface area contributed by atoms with Gasteiger partial charge in [-0.1, -0.05) is 17.7 Å². The number of aromatic nitrogens is 3. The second-order valence-electron chi connectivity index (χ2n) is 4.65. The zero-order chi connectivity index (χ0) is 15.2. The third kappa shape index (κ3) is 4.41. The van der Waals surface area contributed by atoms with Crippen molar-refractivity contribution in [2.45, 2.75) is 13.5 Å². The van der Waals surface area contributed by atoms with Gasteiger partial charge in [-0.3, -0.25) is 9.59 Å². The Morgan fingerprint density at radius 1 is 1.19 bits per heavy atom. The van der Waals surface area contributed by atoms with E-state index in [0.717, 1.165) is 5.56 Å². The molecule has 1 heterocycles. The molecule has 2 amide bonds. The van der Waals surface area contributed by atoms with E-state index in [4.69, 9.17) is 0 Å². The Morgan fingerprint density at radius 3 is 2.52 bits per heavy atom. The van der Waals surface area contributed by atoms with Crippen LogP contribution in [0.1, 0.15) is 21.6 Å². The van der Waals surface area contributed by atoms with Crippen molar-refractivity contribution in [1.29, 1.82) is 0 Å². The lowest BCUT2D eigenvalue weighted by molar-refractivity contribution is -0.120. The summed E-state index contributed by atoms with van der Waals surface area (Å²) in [5.41, 5.74) is 2.27. The van der Waals surface area contributed by atoms with E-state index in [1.165, 1.54) is 4.80 Å². The van der Waals surface area contributed by atoms with Crippen molar-refractivity contribution in [2.75, 3.05) is 6.54 Å². The van der Waals surface area contributed by atoms with Gasteiger partial charge in [0.25, 0.3) is 5.91 Å². The van der Waals surface area contributed by atoms with Crippen LogP contribution in [0, 0.1) is 6.92 Å². The van der Waals surface area contributed by atoms with Crippen LogP contribution in [0.15, 0.2) is 30.5 Å². The summed E-state index contributed by atoms with van der Waals surface area (Å²) in [6.45, 7) is 2.15. The maximum atomic E-state index is 11.8. The standard InChI is InChI=1S/C14H17N5O2/c1-10-3-5-11(6-4-10)14(21)16-9-13(20)15-7-12-8-17-19(2)18-12/h3-6,8H,7,9H2,1-2H3,(H,15,20)(H,16,21). The number of rotatable bonds is 5. The molecular formula is C14H17N5O2. The van der Waals surface area contributed by atoms with E-state index in [0.29, 0.717) is 11.3 Å². The highest BCUT2D eigenvalue weighted by Gasteiger charge is 2.08. The van der Waals surface area contributed by atoms with Gasteiger partial charge >= 0.3 is 0 Å². The summed E-state index contributed by atoms with van der Waals surface area (Å²) in [6, 6.07) is 7.15. The Kier molecular flexibility index (Phi) is 4.65. The minimum Gasteiger partial charge on any atom is -0.349 e. The number of hydrogen-bond acceptors (Lipinski definition) is 4. The van der Waals surface area contributed by atoms with Crippen LogP contribution in [0.2, 0.25) is 0 Å². The smallest absolute Gasteiger partial charge is 0.251 e. The third-order valence-corrected chi connectivity index (χ3v) is 2.84. The first-order valence-electron chi connectivity index (χ1n) is 6.51. The molecule has 0 unspecified atom stereocenters. The Bertz CT molecular complexity index is 633. The highest BCUT2D eigenvalue weighted by atomic mass is 16.2. The molecule has 7 heteroatoms. The van der Waals surface area contributed by atoms with Crippen LogP contribution < -0.4 is 10.6 Å². The topological polar surface area (TPSA) is 88.9 Å². The maximum Gasteiger partial charge on any atom is 0.251 e. The third-order valence-electron chi connectivity index (χ3n) is 2.84. The quantitative estimate of drug-likeness (QED) is 0.820. The van der Waals surface area contributed by atoms with Gasteiger partial charge in [0.1, 0.15) is 5.69 Å². The summed E-state index contributed by atoms with van der Waals surface area (Å²) in [6.07, 6.45) is 1.57. The Labute approximate surface area is 122 Å². The molecule has 110 valence electrons. The van der Waals surface area contributed by atoms with Crippen LogP contribution in [0.5, 0.6) is 0 Å². The monoisotopic (exact) mass is 287 g/mol. The maximum absolute atomic E-state index is 11.8. The average Bonchev–Trinajstić information content (AvgIpc) is 2.89. The number of aryl methyl sites for hydroxylation is 2. The van der Waals surface area contributed by atoms with Gasteiger partial charge in [0, 0.05) is 12.6 Å². The summed E-state index contributed by atoms with van der Waals surface area (Å²) in [5, 5.41) is 13.2. The molecule has 21 heavy (non-hydrogen) atoms. The second kappa shape index (κ2) is 6.65. The molecule has 0 saturated carbocycles. The van der Waals surface area contributed by atoms with Crippen LogP contribution in [-0.4, -0.2) is 33.4 Å². The first-order chi connectivity index (χ1) is 10.0. The van der Waals surface area contributed by atoms with Crippen LogP contribution in [0.4, 0.5) is 0 Å².